The first-order valence-corrected chi connectivity index (χ1v) is 19.1. The molecule has 11 atom stereocenters. The summed E-state index contributed by atoms with van der Waals surface area (Å²) in [6.45, 7) is 19.6. The van der Waals surface area contributed by atoms with E-state index >= 15 is 0 Å². The summed E-state index contributed by atoms with van der Waals surface area (Å²) in [4.78, 5) is 43.4. The van der Waals surface area contributed by atoms with Gasteiger partial charge in [-0.2, -0.15) is 0 Å². The number of carbonyl (C=O) groups excluding carboxylic acids is 2. The van der Waals surface area contributed by atoms with Gasteiger partial charge in [-0.3, -0.25) is 14.4 Å². The van der Waals surface area contributed by atoms with Gasteiger partial charge in [0.1, 0.15) is 12.2 Å². The molecule has 2 heterocycles. The summed E-state index contributed by atoms with van der Waals surface area (Å²) < 4.78 is 20.9. The minimum atomic E-state index is -0.671. The van der Waals surface area contributed by atoms with Crippen molar-refractivity contribution in [2.75, 3.05) is 26.3 Å². The Morgan fingerprint density at radius 1 is 1.08 bits per heavy atom. The first-order chi connectivity index (χ1) is 23.5. The van der Waals surface area contributed by atoms with Gasteiger partial charge in [0.05, 0.1) is 32.0 Å². The Hall–Kier alpha value is -2.72. The van der Waals surface area contributed by atoms with Crippen molar-refractivity contribution < 1.29 is 33.7 Å². The minimum Gasteiger partial charge on any atom is -0.481 e. The maximum atomic E-state index is 13.4. The molecule has 10 heteroatoms. The van der Waals surface area contributed by atoms with Crippen molar-refractivity contribution in [2.24, 2.45) is 56.7 Å². The molecule has 1 saturated heterocycles. The lowest BCUT2D eigenvalue weighted by Gasteiger charge is -2.71. The number of hydrogen-bond acceptors (Lipinski definition) is 8. The Bertz CT molecular complexity index is 1480. The number of aromatic nitrogens is 2. The highest BCUT2D eigenvalue weighted by Crippen LogP contribution is 2.75. The van der Waals surface area contributed by atoms with Crippen LogP contribution in [0.1, 0.15) is 100 Å². The molecule has 6 rings (SSSR count). The molecular weight excluding hydrogens is 634 g/mol. The molecular formula is C40H61N3O7. The average molecular weight is 696 g/mol. The summed E-state index contributed by atoms with van der Waals surface area (Å²) in [5, 5.41) is 14.2. The highest BCUT2D eigenvalue weighted by Gasteiger charge is 2.72. The predicted octanol–water partition coefficient (Wildman–Crippen LogP) is 6.29. The number of ether oxygens (including phenoxy) is 3. The third-order valence-electron chi connectivity index (χ3n) is 15.2. The zero-order valence-electron chi connectivity index (χ0n) is 31.6. The summed E-state index contributed by atoms with van der Waals surface area (Å²) in [7, 11) is 0. The summed E-state index contributed by atoms with van der Waals surface area (Å²) in [5.74, 6) is -0.829. The van der Waals surface area contributed by atoms with Gasteiger partial charge in [-0.25, -0.2) is 4.98 Å². The van der Waals surface area contributed by atoms with Gasteiger partial charge in [0.15, 0.2) is 0 Å². The highest BCUT2D eigenvalue weighted by molar-refractivity contribution is 5.73. The molecule has 1 aromatic rings. The van der Waals surface area contributed by atoms with Gasteiger partial charge in [-0.15, -0.1) is 0 Å². The van der Waals surface area contributed by atoms with E-state index in [0.717, 1.165) is 38.6 Å². The molecule has 4 aliphatic carbocycles. The molecule has 0 unspecified atom stereocenters. The van der Waals surface area contributed by atoms with E-state index < -0.39 is 34.9 Å². The molecule has 0 spiro atoms. The van der Waals surface area contributed by atoms with Gasteiger partial charge in [0.2, 0.25) is 0 Å². The van der Waals surface area contributed by atoms with Crippen molar-refractivity contribution in [1.82, 2.24) is 14.9 Å². The molecule has 5 aliphatic rings. The number of nitrogens with one attached hydrogen (secondary N) is 1. The maximum Gasteiger partial charge on any atom is 0.320 e. The van der Waals surface area contributed by atoms with Crippen LogP contribution in [0.25, 0.3) is 0 Å². The average Bonchev–Trinajstić information content (AvgIpc) is 3.56. The van der Waals surface area contributed by atoms with Gasteiger partial charge in [-0.1, -0.05) is 60.1 Å². The van der Waals surface area contributed by atoms with Gasteiger partial charge in [0, 0.05) is 36.7 Å². The van der Waals surface area contributed by atoms with E-state index in [-0.39, 0.29) is 52.5 Å². The molecule has 0 amide bonds. The number of carbonyl (C=O) groups is 3. The molecule has 2 N–H and O–H groups in total. The van der Waals surface area contributed by atoms with Crippen molar-refractivity contribution in [2.45, 2.75) is 119 Å². The van der Waals surface area contributed by atoms with Crippen LogP contribution in [0.3, 0.4) is 0 Å². The van der Waals surface area contributed by atoms with E-state index in [4.69, 9.17) is 14.2 Å². The number of esters is 2. The topological polar surface area (TPSA) is 129 Å². The lowest BCUT2D eigenvalue weighted by molar-refractivity contribution is -0.262. The van der Waals surface area contributed by atoms with E-state index in [0.29, 0.717) is 38.5 Å². The number of allylic oxidation sites excluding steroid dienone is 1. The lowest BCUT2D eigenvalue weighted by atomic mass is 9.34. The maximum absolute atomic E-state index is 13.4. The second kappa shape index (κ2) is 13.4. The Kier molecular flexibility index (Phi) is 9.90. The quantitative estimate of drug-likeness (QED) is 0.156. The van der Waals surface area contributed by atoms with Crippen LogP contribution in [0.2, 0.25) is 0 Å². The third-order valence-corrected chi connectivity index (χ3v) is 15.2. The van der Waals surface area contributed by atoms with Crippen LogP contribution in [0.5, 0.6) is 0 Å². The number of carboxylic acid groups (broad SMARTS) is 1. The second-order valence-electron chi connectivity index (χ2n) is 17.9. The SMILES string of the molecule is CC(=O)O[C@@H]1C[C@@]23COC[C@@](C)([C@@H]2CC[C@H]2C3=CC[C@@]3(C)[C@H](C(=O)O)[C@@](C)([C@H](C)C(C)C)CC[C@]23C)[C@H]1OC(=O)CNCCCn1ccnc1. The molecule has 50 heavy (non-hydrogen) atoms. The monoisotopic (exact) mass is 695 g/mol. The number of hydrogen-bond donors (Lipinski definition) is 2. The number of imidazole rings is 1. The Morgan fingerprint density at radius 3 is 2.50 bits per heavy atom. The minimum absolute atomic E-state index is 0.0726. The lowest BCUT2D eigenvalue weighted by Crippen LogP contribution is -2.70. The van der Waals surface area contributed by atoms with Gasteiger partial charge in [-0.05, 0) is 91.4 Å². The van der Waals surface area contributed by atoms with Crippen LogP contribution in [0.15, 0.2) is 30.4 Å². The summed E-state index contributed by atoms with van der Waals surface area (Å²) >= 11 is 0. The number of nitrogens with zero attached hydrogens (tertiary/aromatic N) is 2. The van der Waals surface area contributed by atoms with E-state index in [1.54, 1.807) is 12.5 Å². The zero-order chi connectivity index (χ0) is 36.3. The molecule has 4 fully saturated rings. The molecule has 2 bridgehead atoms. The smallest absolute Gasteiger partial charge is 0.320 e. The van der Waals surface area contributed by atoms with Crippen molar-refractivity contribution in [3.8, 4) is 0 Å². The van der Waals surface area contributed by atoms with Crippen molar-refractivity contribution in [3.05, 3.63) is 30.4 Å². The van der Waals surface area contributed by atoms with Gasteiger partial charge in [0.25, 0.3) is 0 Å². The number of aliphatic carboxylic acids is 1. The van der Waals surface area contributed by atoms with Gasteiger partial charge < -0.3 is 29.2 Å². The molecule has 3 saturated carbocycles. The standard InChI is InChI=1S/C40H61N3O7/c1-25(2)26(3)36(5)14-15-38(7)28-10-11-31-37(6)22-48-23-40(31,29(28)12-13-39(38,8)33(36)35(46)47)20-30(49-27(4)44)34(37)50-32(45)21-41-16-9-18-43-19-17-42-24-43/h12,17,19,24-26,28,30-31,33-34,41H,9-11,13-16,18,20-23H2,1-8H3,(H,46,47)/t26-,28+,30-,31+,33-,34+,36-,37+,38-,39+,40+/m1/s1. The number of rotatable bonds is 11. The van der Waals surface area contributed by atoms with Gasteiger partial charge >= 0.3 is 17.9 Å². The molecule has 1 aliphatic heterocycles. The molecule has 10 nitrogen and oxygen atoms in total. The Balaban J connectivity index is 1.28. The van der Waals surface area contributed by atoms with Crippen molar-refractivity contribution in [1.29, 1.82) is 0 Å². The van der Waals surface area contributed by atoms with Crippen LogP contribution in [-0.2, 0) is 35.1 Å². The summed E-state index contributed by atoms with van der Waals surface area (Å²) in [6, 6.07) is 0. The normalized spacial score (nSPS) is 41.2. The fraction of sp³-hybridized carbons (Fsp3) is 0.800. The number of aryl methyl sites for hydroxylation is 1. The molecule has 0 aromatic carbocycles. The fourth-order valence-corrected chi connectivity index (χ4v) is 12.3. The van der Waals surface area contributed by atoms with Crippen LogP contribution in [-0.4, -0.2) is 71.1 Å². The van der Waals surface area contributed by atoms with Crippen LogP contribution >= 0.6 is 0 Å². The van der Waals surface area contributed by atoms with Crippen LogP contribution < -0.4 is 5.32 Å². The summed E-state index contributed by atoms with van der Waals surface area (Å²) in [5.41, 5.74) is -0.501. The zero-order valence-corrected chi connectivity index (χ0v) is 31.6. The van der Waals surface area contributed by atoms with Crippen molar-refractivity contribution in [3.63, 3.8) is 0 Å². The molecule has 278 valence electrons. The first kappa shape index (κ1) is 37.1. The van der Waals surface area contributed by atoms with Crippen molar-refractivity contribution >= 4 is 17.9 Å². The molecule has 0 radical (unpaired) electrons. The second-order valence-corrected chi connectivity index (χ2v) is 17.9. The number of carboxylic acids is 1. The molecule has 1 aromatic heterocycles. The van der Waals surface area contributed by atoms with E-state index in [1.807, 2.05) is 10.8 Å². The predicted molar refractivity (Wildman–Crippen MR) is 189 cm³/mol. The fourth-order valence-electron chi connectivity index (χ4n) is 12.3. The highest BCUT2D eigenvalue weighted by atomic mass is 16.6. The van der Waals surface area contributed by atoms with E-state index in [1.165, 1.54) is 12.5 Å². The Labute approximate surface area is 298 Å². The largest absolute Gasteiger partial charge is 0.481 e. The van der Waals surface area contributed by atoms with Crippen LogP contribution in [0, 0.1) is 56.7 Å². The summed E-state index contributed by atoms with van der Waals surface area (Å²) in [6.07, 6.45) is 12.4. The van der Waals surface area contributed by atoms with Crippen LogP contribution in [0.4, 0.5) is 0 Å². The van der Waals surface area contributed by atoms with E-state index in [2.05, 4.69) is 64.8 Å². The first-order valence-electron chi connectivity index (χ1n) is 19.1. The Morgan fingerprint density at radius 2 is 1.84 bits per heavy atom. The third kappa shape index (κ3) is 5.75. The van der Waals surface area contributed by atoms with E-state index in [9.17, 15) is 19.5 Å². The number of fused-ring (bicyclic) bond motifs is 3.